The third kappa shape index (κ3) is 2.02. The summed E-state index contributed by atoms with van der Waals surface area (Å²) in [5, 5.41) is 3.03. The normalized spacial score (nSPS) is 24.7. The molecule has 108 valence electrons. The Morgan fingerprint density at radius 1 is 1.40 bits per heavy atom. The third-order valence-electron chi connectivity index (χ3n) is 3.99. The van der Waals surface area contributed by atoms with Crippen LogP contribution in [0.5, 0.6) is 5.75 Å². The Labute approximate surface area is 118 Å². The highest BCUT2D eigenvalue weighted by Crippen LogP contribution is 2.40. The highest BCUT2D eigenvalue weighted by Gasteiger charge is 2.41. The Morgan fingerprint density at radius 3 is 3.00 bits per heavy atom. The molecular weight excluding hydrogens is 256 g/mol. The SMILES string of the molecule is CCOc1cccc2c1NC(=O)C1COCC1N2CC. The molecule has 1 aromatic rings. The summed E-state index contributed by atoms with van der Waals surface area (Å²) < 4.78 is 11.2. The molecule has 2 aliphatic heterocycles. The number of hydrogen-bond acceptors (Lipinski definition) is 4. The molecule has 2 unspecified atom stereocenters. The molecular formula is C15H20N2O3. The van der Waals surface area contributed by atoms with Crippen LogP contribution < -0.4 is 15.0 Å². The van der Waals surface area contributed by atoms with E-state index in [0.717, 1.165) is 23.7 Å². The highest BCUT2D eigenvalue weighted by molar-refractivity contribution is 6.00. The number of benzene rings is 1. The zero-order valence-corrected chi connectivity index (χ0v) is 11.9. The molecule has 0 aromatic heterocycles. The summed E-state index contributed by atoms with van der Waals surface area (Å²) in [6.07, 6.45) is 0. The van der Waals surface area contributed by atoms with Crippen molar-refractivity contribution >= 4 is 17.3 Å². The van der Waals surface area contributed by atoms with E-state index in [2.05, 4.69) is 17.1 Å². The molecule has 1 saturated heterocycles. The van der Waals surface area contributed by atoms with Crippen molar-refractivity contribution in [3.05, 3.63) is 18.2 Å². The van der Waals surface area contributed by atoms with Crippen LogP contribution in [0.25, 0.3) is 0 Å². The molecule has 1 amide bonds. The van der Waals surface area contributed by atoms with E-state index in [1.165, 1.54) is 0 Å². The van der Waals surface area contributed by atoms with Crippen LogP contribution in [0.4, 0.5) is 11.4 Å². The first kappa shape index (κ1) is 13.2. The lowest BCUT2D eigenvalue weighted by atomic mass is 10.0. The van der Waals surface area contributed by atoms with Gasteiger partial charge < -0.3 is 19.7 Å². The van der Waals surface area contributed by atoms with Crippen molar-refractivity contribution in [3.8, 4) is 5.75 Å². The number of carbonyl (C=O) groups excluding carboxylic acids is 1. The zero-order chi connectivity index (χ0) is 14.1. The summed E-state index contributed by atoms with van der Waals surface area (Å²) in [6.45, 7) is 6.55. The summed E-state index contributed by atoms with van der Waals surface area (Å²) in [4.78, 5) is 14.6. The van der Waals surface area contributed by atoms with Crippen molar-refractivity contribution in [3.63, 3.8) is 0 Å². The topological polar surface area (TPSA) is 50.8 Å². The maximum absolute atomic E-state index is 12.4. The number of likely N-dealkylation sites (N-methyl/N-ethyl adjacent to an activating group) is 1. The first-order valence-electron chi connectivity index (χ1n) is 7.17. The molecule has 5 heteroatoms. The Kier molecular flexibility index (Phi) is 3.53. The summed E-state index contributed by atoms with van der Waals surface area (Å²) in [6, 6.07) is 6.00. The van der Waals surface area contributed by atoms with Crippen molar-refractivity contribution in [1.82, 2.24) is 0 Å². The van der Waals surface area contributed by atoms with Gasteiger partial charge in [0.25, 0.3) is 0 Å². The quantitative estimate of drug-likeness (QED) is 0.916. The average Bonchev–Trinajstić information content (AvgIpc) is 2.88. The van der Waals surface area contributed by atoms with Crippen molar-refractivity contribution in [2.75, 3.05) is 36.6 Å². The van der Waals surface area contributed by atoms with Crippen molar-refractivity contribution < 1.29 is 14.3 Å². The van der Waals surface area contributed by atoms with Gasteiger partial charge in [0.2, 0.25) is 5.91 Å². The second-order valence-electron chi connectivity index (χ2n) is 5.07. The maximum atomic E-state index is 12.4. The Morgan fingerprint density at radius 2 is 2.25 bits per heavy atom. The molecule has 20 heavy (non-hydrogen) atoms. The maximum Gasteiger partial charge on any atom is 0.232 e. The van der Waals surface area contributed by atoms with E-state index in [4.69, 9.17) is 9.47 Å². The fourth-order valence-electron chi connectivity index (χ4n) is 3.06. The number of anilines is 2. The molecule has 0 spiro atoms. The smallest absolute Gasteiger partial charge is 0.232 e. The summed E-state index contributed by atoms with van der Waals surface area (Å²) in [5.74, 6) is 0.645. The standard InChI is InChI=1S/C15H20N2O3/c1-3-17-11-6-5-7-13(20-4-2)14(11)16-15(18)10-8-19-9-12(10)17/h5-7,10,12H,3-4,8-9H2,1-2H3,(H,16,18). The van der Waals surface area contributed by atoms with Gasteiger partial charge in [0, 0.05) is 6.54 Å². The molecule has 0 saturated carbocycles. The van der Waals surface area contributed by atoms with E-state index >= 15 is 0 Å². The van der Waals surface area contributed by atoms with E-state index in [-0.39, 0.29) is 17.9 Å². The van der Waals surface area contributed by atoms with Crippen molar-refractivity contribution in [2.24, 2.45) is 5.92 Å². The number of amides is 1. The van der Waals surface area contributed by atoms with Crippen LogP contribution in [0, 0.1) is 5.92 Å². The number of fused-ring (bicyclic) bond motifs is 2. The molecule has 5 nitrogen and oxygen atoms in total. The van der Waals surface area contributed by atoms with Crippen LogP contribution in [0.2, 0.25) is 0 Å². The van der Waals surface area contributed by atoms with Crippen LogP contribution in [0.15, 0.2) is 18.2 Å². The monoisotopic (exact) mass is 276 g/mol. The van der Waals surface area contributed by atoms with E-state index in [9.17, 15) is 4.79 Å². The van der Waals surface area contributed by atoms with Gasteiger partial charge in [-0.2, -0.15) is 0 Å². The second kappa shape index (κ2) is 5.32. The second-order valence-corrected chi connectivity index (χ2v) is 5.07. The number of hydrogen-bond donors (Lipinski definition) is 1. The van der Waals surface area contributed by atoms with Crippen LogP contribution in [-0.4, -0.2) is 38.3 Å². The largest absolute Gasteiger partial charge is 0.492 e. The number of nitrogens with one attached hydrogen (secondary N) is 1. The molecule has 2 atom stereocenters. The van der Waals surface area contributed by atoms with E-state index in [1.807, 2.05) is 25.1 Å². The Balaban J connectivity index is 2.08. The molecule has 0 bridgehead atoms. The predicted molar refractivity (Wildman–Crippen MR) is 77.4 cm³/mol. The number of nitrogens with zero attached hydrogens (tertiary/aromatic N) is 1. The zero-order valence-electron chi connectivity index (χ0n) is 11.9. The lowest BCUT2D eigenvalue weighted by Gasteiger charge is -2.30. The van der Waals surface area contributed by atoms with E-state index in [1.54, 1.807) is 0 Å². The van der Waals surface area contributed by atoms with Crippen molar-refractivity contribution in [2.45, 2.75) is 19.9 Å². The minimum atomic E-state index is -0.114. The van der Waals surface area contributed by atoms with Gasteiger partial charge in [0.15, 0.2) is 0 Å². The van der Waals surface area contributed by atoms with Gasteiger partial charge in [-0.1, -0.05) is 6.07 Å². The van der Waals surface area contributed by atoms with Gasteiger partial charge in [-0.15, -0.1) is 0 Å². The number of para-hydroxylation sites is 1. The summed E-state index contributed by atoms with van der Waals surface area (Å²) >= 11 is 0. The number of ether oxygens (including phenoxy) is 2. The molecule has 2 aliphatic rings. The van der Waals surface area contributed by atoms with Crippen LogP contribution >= 0.6 is 0 Å². The van der Waals surface area contributed by atoms with Gasteiger partial charge >= 0.3 is 0 Å². The van der Waals surface area contributed by atoms with Gasteiger partial charge in [-0.05, 0) is 26.0 Å². The third-order valence-corrected chi connectivity index (χ3v) is 3.99. The molecule has 1 N–H and O–H groups in total. The van der Waals surface area contributed by atoms with Crippen LogP contribution in [0.1, 0.15) is 13.8 Å². The van der Waals surface area contributed by atoms with Gasteiger partial charge in [-0.25, -0.2) is 0 Å². The summed E-state index contributed by atoms with van der Waals surface area (Å²) in [5.41, 5.74) is 1.81. The van der Waals surface area contributed by atoms with Crippen LogP contribution in [-0.2, 0) is 9.53 Å². The fourth-order valence-corrected chi connectivity index (χ4v) is 3.06. The number of rotatable bonds is 3. The molecule has 1 aromatic carbocycles. The predicted octanol–water partition coefficient (Wildman–Crippen LogP) is 1.88. The minimum absolute atomic E-state index is 0.0249. The average molecular weight is 276 g/mol. The fraction of sp³-hybridized carbons (Fsp3) is 0.533. The minimum Gasteiger partial charge on any atom is -0.492 e. The molecule has 1 fully saturated rings. The molecule has 0 radical (unpaired) electrons. The number of carbonyl (C=O) groups is 1. The molecule has 0 aliphatic carbocycles. The summed E-state index contributed by atoms with van der Waals surface area (Å²) in [7, 11) is 0. The van der Waals surface area contributed by atoms with Gasteiger partial charge in [0.1, 0.15) is 11.4 Å². The molecule has 2 heterocycles. The van der Waals surface area contributed by atoms with Crippen molar-refractivity contribution in [1.29, 1.82) is 0 Å². The molecule has 3 rings (SSSR count). The first-order valence-corrected chi connectivity index (χ1v) is 7.17. The highest BCUT2D eigenvalue weighted by atomic mass is 16.5. The van der Waals surface area contributed by atoms with Crippen LogP contribution in [0.3, 0.4) is 0 Å². The van der Waals surface area contributed by atoms with E-state index in [0.29, 0.717) is 19.8 Å². The first-order chi connectivity index (χ1) is 9.76. The Bertz CT molecular complexity index is 518. The van der Waals surface area contributed by atoms with E-state index < -0.39 is 0 Å². The lowest BCUT2D eigenvalue weighted by molar-refractivity contribution is -0.120. The Hall–Kier alpha value is -1.75. The van der Waals surface area contributed by atoms with Gasteiger partial charge in [0.05, 0.1) is 37.5 Å². The lowest BCUT2D eigenvalue weighted by Crippen LogP contribution is -2.42. The van der Waals surface area contributed by atoms with Gasteiger partial charge in [-0.3, -0.25) is 4.79 Å².